The molecule has 2 amide bonds. The molecule has 0 saturated heterocycles. The number of nitrogens with one attached hydrogen (secondary N) is 2. The van der Waals surface area contributed by atoms with Crippen molar-refractivity contribution in [2.24, 2.45) is 11.7 Å². The highest BCUT2D eigenvalue weighted by atomic mass is 16.3. The number of benzene rings is 2. The first kappa shape index (κ1) is 19.8. The van der Waals surface area contributed by atoms with Crippen molar-refractivity contribution in [3.63, 3.8) is 0 Å². The van der Waals surface area contributed by atoms with Crippen molar-refractivity contribution in [3.05, 3.63) is 82.8 Å². The Labute approximate surface area is 174 Å². The fraction of sp³-hybridized carbons (Fsp3) is 0.250. The van der Waals surface area contributed by atoms with Gasteiger partial charge in [-0.25, -0.2) is 0 Å². The maximum absolute atomic E-state index is 13.0. The largest absolute Gasteiger partial charge is 0.510 e. The van der Waals surface area contributed by atoms with E-state index in [1.54, 1.807) is 0 Å². The van der Waals surface area contributed by atoms with Gasteiger partial charge in [-0.2, -0.15) is 0 Å². The lowest BCUT2D eigenvalue weighted by molar-refractivity contribution is -0.118. The third-order valence-corrected chi connectivity index (χ3v) is 5.68. The van der Waals surface area contributed by atoms with Crippen LogP contribution in [0.4, 0.5) is 0 Å². The summed E-state index contributed by atoms with van der Waals surface area (Å²) in [5.74, 6) is -1.23. The minimum Gasteiger partial charge on any atom is -0.510 e. The number of nitrogens with two attached hydrogens (primary N) is 1. The number of amides is 2. The number of fused-ring (bicyclic) bond motifs is 1. The summed E-state index contributed by atoms with van der Waals surface area (Å²) in [6.07, 6.45) is 0.0337. The minimum atomic E-state index is -0.559. The molecule has 1 aromatic heterocycles. The van der Waals surface area contributed by atoms with Crippen molar-refractivity contribution in [1.82, 2.24) is 10.3 Å². The van der Waals surface area contributed by atoms with E-state index in [1.807, 2.05) is 68.4 Å². The maximum Gasteiger partial charge on any atom is 0.252 e. The molecule has 2 aromatic carbocycles. The highest BCUT2D eigenvalue weighted by molar-refractivity contribution is 6.00. The summed E-state index contributed by atoms with van der Waals surface area (Å²) < 4.78 is 0. The zero-order valence-electron chi connectivity index (χ0n) is 17.0. The summed E-state index contributed by atoms with van der Waals surface area (Å²) in [5, 5.41) is 14.8. The number of primary amides is 1. The lowest BCUT2D eigenvalue weighted by Crippen LogP contribution is -2.33. The van der Waals surface area contributed by atoms with E-state index in [1.165, 1.54) is 0 Å². The second kappa shape index (κ2) is 7.71. The van der Waals surface area contributed by atoms with E-state index in [0.29, 0.717) is 11.3 Å². The molecule has 4 rings (SSSR count). The van der Waals surface area contributed by atoms with Crippen LogP contribution in [0.25, 0.3) is 10.9 Å². The van der Waals surface area contributed by atoms with Gasteiger partial charge in [-0.15, -0.1) is 0 Å². The molecule has 0 spiro atoms. The van der Waals surface area contributed by atoms with Crippen molar-refractivity contribution >= 4 is 22.7 Å². The van der Waals surface area contributed by atoms with Gasteiger partial charge in [0.2, 0.25) is 5.91 Å². The van der Waals surface area contributed by atoms with Gasteiger partial charge in [0, 0.05) is 16.6 Å². The lowest BCUT2D eigenvalue weighted by atomic mass is 9.84. The van der Waals surface area contributed by atoms with Crippen LogP contribution < -0.4 is 11.1 Å². The number of carbonyl (C=O) groups is 2. The van der Waals surface area contributed by atoms with Gasteiger partial charge in [0.1, 0.15) is 5.76 Å². The Hall–Kier alpha value is -3.54. The standard InChI is InChI=1S/C24H25N3O3/c1-13(2)21-23(29)20(24(30)27-21)19(14-8-4-3-5-9-14)22-16(12-18(25)28)15-10-6-7-11-17(15)26-22/h3-11,13,19,21,26,29H,12H2,1-2H3,(H2,25,28)(H,27,30). The number of H-pyrrole nitrogens is 1. The van der Waals surface area contributed by atoms with Gasteiger partial charge in [0.05, 0.1) is 24.0 Å². The van der Waals surface area contributed by atoms with Gasteiger partial charge in [-0.3, -0.25) is 9.59 Å². The molecule has 1 aliphatic heterocycles. The van der Waals surface area contributed by atoms with Gasteiger partial charge in [0.25, 0.3) is 5.91 Å². The first-order valence-electron chi connectivity index (χ1n) is 10.0. The van der Waals surface area contributed by atoms with E-state index in [-0.39, 0.29) is 24.0 Å². The number of aliphatic hydroxyl groups excluding tert-OH is 1. The Morgan fingerprint density at radius 2 is 1.77 bits per heavy atom. The third kappa shape index (κ3) is 3.34. The molecule has 2 unspecified atom stereocenters. The van der Waals surface area contributed by atoms with Crippen molar-refractivity contribution in [1.29, 1.82) is 0 Å². The Kier molecular flexibility index (Phi) is 5.08. The average Bonchev–Trinajstić information content (AvgIpc) is 3.21. The molecule has 0 bridgehead atoms. The molecular weight excluding hydrogens is 378 g/mol. The quantitative estimate of drug-likeness (QED) is 0.507. The van der Waals surface area contributed by atoms with E-state index < -0.39 is 17.9 Å². The minimum absolute atomic E-state index is 0.0337. The fourth-order valence-electron chi connectivity index (χ4n) is 4.29. The summed E-state index contributed by atoms with van der Waals surface area (Å²) in [5.41, 5.74) is 9.00. The van der Waals surface area contributed by atoms with Gasteiger partial charge < -0.3 is 21.1 Å². The van der Waals surface area contributed by atoms with Gasteiger partial charge >= 0.3 is 0 Å². The monoisotopic (exact) mass is 403 g/mol. The van der Waals surface area contributed by atoms with E-state index in [0.717, 1.165) is 22.0 Å². The van der Waals surface area contributed by atoms with Crippen molar-refractivity contribution in [2.75, 3.05) is 0 Å². The number of hydrogen-bond acceptors (Lipinski definition) is 3. The number of aromatic amines is 1. The summed E-state index contributed by atoms with van der Waals surface area (Å²) in [6.45, 7) is 3.90. The Morgan fingerprint density at radius 1 is 1.10 bits per heavy atom. The molecule has 3 aromatic rings. The van der Waals surface area contributed by atoms with Crippen molar-refractivity contribution < 1.29 is 14.7 Å². The van der Waals surface area contributed by atoms with Crippen LogP contribution in [-0.2, 0) is 16.0 Å². The number of para-hydroxylation sites is 1. The van der Waals surface area contributed by atoms with E-state index in [9.17, 15) is 14.7 Å². The third-order valence-electron chi connectivity index (χ3n) is 5.68. The molecule has 0 fully saturated rings. The molecule has 6 heteroatoms. The van der Waals surface area contributed by atoms with Crippen molar-refractivity contribution in [3.8, 4) is 0 Å². The number of hydrogen-bond donors (Lipinski definition) is 4. The van der Waals surface area contributed by atoms with Crippen LogP contribution in [0, 0.1) is 5.92 Å². The molecule has 154 valence electrons. The van der Waals surface area contributed by atoms with E-state index in [4.69, 9.17) is 5.73 Å². The molecule has 1 aliphatic rings. The van der Waals surface area contributed by atoms with Crippen LogP contribution in [-0.4, -0.2) is 27.9 Å². The van der Waals surface area contributed by atoms with E-state index in [2.05, 4.69) is 10.3 Å². The smallest absolute Gasteiger partial charge is 0.252 e. The van der Waals surface area contributed by atoms with Crippen LogP contribution in [0.3, 0.4) is 0 Å². The second-order valence-electron chi connectivity index (χ2n) is 8.04. The number of carbonyl (C=O) groups excluding carboxylic acids is 2. The van der Waals surface area contributed by atoms with Crippen LogP contribution >= 0.6 is 0 Å². The zero-order valence-corrected chi connectivity index (χ0v) is 17.0. The van der Waals surface area contributed by atoms with Crippen molar-refractivity contribution in [2.45, 2.75) is 32.2 Å². The average molecular weight is 403 g/mol. The first-order valence-corrected chi connectivity index (χ1v) is 10.0. The lowest BCUT2D eigenvalue weighted by Gasteiger charge is -2.19. The predicted molar refractivity (Wildman–Crippen MR) is 116 cm³/mol. The molecular formula is C24H25N3O3. The Balaban J connectivity index is 2.00. The summed E-state index contributed by atoms with van der Waals surface area (Å²) in [4.78, 5) is 28.3. The molecule has 2 atom stereocenters. The van der Waals surface area contributed by atoms with Gasteiger partial charge in [-0.1, -0.05) is 62.4 Å². The topological polar surface area (TPSA) is 108 Å². The van der Waals surface area contributed by atoms with E-state index >= 15 is 0 Å². The first-order chi connectivity index (χ1) is 14.4. The highest BCUT2D eigenvalue weighted by Crippen LogP contribution is 2.40. The Morgan fingerprint density at radius 3 is 2.40 bits per heavy atom. The maximum atomic E-state index is 13.0. The SMILES string of the molecule is CC(C)C1NC(=O)C(C(c2ccccc2)c2[nH]c3ccccc3c2CC(N)=O)=C1O. The summed E-state index contributed by atoms with van der Waals surface area (Å²) in [7, 11) is 0. The molecule has 2 heterocycles. The number of aromatic nitrogens is 1. The molecule has 0 saturated carbocycles. The number of aliphatic hydroxyl groups is 1. The summed E-state index contributed by atoms with van der Waals surface area (Å²) >= 11 is 0. The zero-order chi connectivity index (χ0) is 21.4. The highest BCUT2D eigenvalue weighted by Gasteiger charge is 2.40. The van der Waals surface area contributed by atoms with Gasteiger partial charge in [0.15, 0.2) is 0 Å². The molecule has 6 nitrogen and oxygen atoms in total. The molecule has 0 radical (unpaired) electrons. The van der Waals surface area contributed by atoms with Crippen LogP contribution in [0.1, 0.15) is 36.6 Å². The molecule has 0 aliphatic carbocycles. The Bertz CT molecular complexity index is 1140. The normalized spacial score (nSPS) is 17.6. The molecule has 5 N–H and O–H groups in total. The predicted octanol–water partition coefficient (Wildman–Crippen LogP) is 3.29. The fourth-order valence-corrected chi connectivity index (χ4v) is 4.29. The number of rotatable bonds is 6. The van der Waals surface area contributed by atoms with Gasteiger partial charge in [-0.05, 0) is 23.1 Å². The summed E-state index contributed by atoms with van der Waals surface area (Å²) in [6, 6.07) is 16.7. The molecule has 30 heavy (non-hydrogen) atoms. The van der Waals surface area contributed by atoms with Crippen LogP contribution in [0.5, 0.6) is 0 Å². The van der Waals surface area contributed by atoms with Crippen LogP contribution in [0.15, 0.2) is 65.9 Å². The van der Waals surface area contributed by atoms with Crippen LogP contribution in [0.2, 0.25) is 0 Å². The second-order valence-corrected chi connectivity index (χ2v) is 8.04.